The van der Waals surface area contributed by atoms with Crippen molar-refractivity contribution in [2.24, 2.45) is 11.8 Å². The van der Waals surface area contributed by atoms with E-state index >= 15 is 0 Å². The number of unbranched alkanes of at least 4 members (excludes halogenated alkanes) is 4. The van der Waals surface area contributed by atoms with Crippen molar-refractivity contribution in [3.63, 3.8) is 0 Å². The van der Waals surface area contributed by atoms with Crippen molar-refractivity contribution in [3.05, 3.63) is 70.8 Å². The van der Waals surface area contributed by atoms with Gasteiger partial charge in [0.15, 0.2) is 0 Å². The average Bonchev–Trinajstić information content (AvgIpc) is 3.02. The molecule has 0 radical (unpaired) electrons. The van der Waals surface area contributed by atoms with Gasteiger partial charge in [0.25, 0.3) is 0 Å². The summed E-state index contributed by atoms with van der Waals surface area (Å²) in [6.45, 7) is 9.54. The number of carbonyl (C=O) groups is 4. The Morgan fingerprint density at radius 3 is 1.16 bits per heavy atom. The van der Waals surface area contributed by atoms with Crippen LogP contribution in [0.15, 0.2) is 48.5 Å². The fourth-order valence-corrected chi connectivity index (χ4v) is 5.04. The Morgan fingerprint density at radius 1 is 0.523 bits per heavy atom. The van der Waals surface area contributed by atoms with Crippen LogP contribution in [0.4, 0.5) is 0 Å². The number of aromatic carboxylic acids is 2. The molecular formula is C36H52O8. The third-order valence-corrected chi connectivity index (χ3v) is 7.48. The zero-order valence-electron chi connectivity index (χ0n) is 27.0. The first-order valence-corrected chi connectivity index (χ1v) is 16.2. The molecular weight excluding hydrogens is 560 g/mol. The smallest absolute Gasteiger partial charge is 0.339 e. The lowest BCUT2D eigenvalue weighted by Crippen LogP contribution is -2.19. The van der Waals surface area contributed by atoms with E-state index in [9.17, 15) is 19.2 Å². The van der Waals surface area contributed by atoms with E-state index in [1.54, 1.807) is 24.3 Å². The third-order valence-electron chi connectivity index (χ3n) is 7.48. The summed E-state index contributed by atoms with van der Waals surface area (Å²) in [6, 6.07) is 12.3. The van der Waals surface area contributed by atoms with Crippen molar-refractivity contribution >= 4 is 23.9 Å². The highest BCUT2D eigenvalue weighted by Crippen LogP contribution is 2.20. The van der Waals surface area contributed by atoms with E-state index in [4.69, 9.17) is 19.7 Å². The summed E-state index contributed by atoms with van der Waals surface area (Å²) in [5.74, 6) is -2.55. The zero-order chi connectivity index (χ0) is 32.7. The molecule has 0 aliphatic heterocycles. The van der Waals surface area contributed by atoms with Crippen molar-refractivity contribution < 1.29 is 38.9 Å². The van der Waals surface area contributed by atoms with Gasteiger partial charge in [0.05, 0.1) is 35.5 Å². The summed E-state index contributed by atoms with van der Waals surface area (Å²) in [7, 11) is 0. The monoisotopic (exact) mass is 612 g/mol. The number of ether oxygens (including phenoxy) is 2. The van der Waals surface area contributed by atoms with E-state index in [1.807, 2.05) is 0 Å². The maximum absolute atomic E-state index is 12.8. The molecule has 0 heterocycles. The van der Waals surface area contributed by atoms with E-state index in [0.717, 1.165) is 38.5 Å². The SMILES string of the molecule is CCCCCC(CCC)COC(=O)c1ccccc1C(=O)OCC(CCC)CCCCC.O=C(O)c1ccccc1C(=O)O. The highest BCUT2D eigenvalue weighted by molar-refractivity contribution is 6.03. The van der Waals surface area contributed by atoms with Gasteiger partial charge in [-0.2, -0.15) is 0 Å². The van der Waals surface area contributed by atoms with Crippen LogP contribution in [0.3, 0.4) is 0 Å². The molecule has 2 atom stereocenters. The van der Waals surface area contributed by atoms with Crippen molar-refractivity contribution in [2.75, 3.05) is 13.2 Å². The Morgan fingerprint density at radius 2 is 0.864 bits per heavy atom. The van der Waals surface area contributed by atoms with Crippen molar-refractivity contribution in [3.8, 4) is 0 Å². The van der Waals surface area contributed by atoms with Crippen molar-refractivity contribution in [1.82, 2.24) is 0 Å². The number of esters is 2. The Bertz CT molecular complexity index is 1050. The van der Waals surface area contributed by atoms with E-state index in [0.29, 0.717) is 36.2 Å². The van der Waals surface area contributed by atoms with Gasteiger partial charge in [-0.3, -0.25) is 0 Å². The molecule has 0 bridgehead atoms. The van der Waals surface area contributed by atoms with E-state index < -0.39 is 23.9 Å². The van der Waals surface area contributed by atoms with Crippen LogP contribution < -0.4 is 0 Å². The highest BCUT2D eigenvalue weighted by atomic mass is 16.5. The maximum atomic E-state index is 12.8. The van der Waals surface area contributed by atoms with Gasteiger partial charge in [0.2, 0.25) is 0 Å². The molecule has 0 aromatic heterocycles. The Kier molecular flexibility index (Phi) is 19.9. The molecule has 2 rings (SSSR count). The van der Waals surface area contributed by atoms with E-state index in [1.165, 1.54) is 62.8 Å². The topological polar surface area (TPSA) is 127 Å². The predicted octanol–water partition coefficient (Wildman–Crippen LogP) is 9.08. The van der Waals surface area contributed by atoms with Gasteiger partial charge in [-0.15, -0.1) is 0 Å². The number of hydrogen-bond acceptors (Lipinski definition) is 6. The Hall–Kier alpha value is -3.68. The summed E-state index contributed by atoms with van der Waals surface area (Å²) in [5.41, 5.74) is 0.230. The molecule has 8 nitrogen and oxygen atoms in total. The fourth-order valence-electron chi connectivity index (χ4n) is 5.04. The number of rotatable bonds is 20. The largest absolute Gasteiger partial charge is 0.478 e. The quantitative estimate of drug-likeness (QED) is 0.112. The Balaban J connectivity index is 0.000000669. The van der Waals surface area contributed by atoms with Crippen LogP contribution in [0.1, 0.15) is 146 Å². The molecule has 0 fully saturated rings. The van der Waals surface area contributed by atoms with Crippen LogP contribution >= 0.6 is 0 Å². The van der Waals surface area contributed by atoms with Crippen LogP contribution in [0.25, 0.3) is 0 Å². The van der Waals surface area contributed by atoms with Gasteiger partial charge in [0, 0.05) is 0 Å². The standard InChI is InChI=1S/C28H46O4.C8H6O4/c1-5-9-11-17-23(15-7-3)21-31-27(29)25-19-13-14-20-26(25)28(30)32-22-24(16-8-4)18-12-10-6-2;9-7(10)5-3-1-2-4-6(5)8(11)12/h13-14,19-20,23-24H,5-12,15-18,21-22H2,1-4H3;1-4H,(H,9,10)(H,11,12). The minimum absolute atomic E-state index is 0.190. The molecule has 0 spiro atoms. The molecule has 0 saturated carbocycles. The minimum atomic E-state index is -1.23. The van der Waals surface area contributed by atoms with Crippen LogP contribution in [-0.2, 0) is 9.47 Å². The molecule has 2 aromatic carbocycles. The molecule has 0 amide bonds. The van der Waals surface area contributed by atoms with Crippen molar-refractivity contribution in [1.29, 1.82) is 0 Å². The molecule has 0 aliphatic rings. The van der Waals surface area contributed by atoms with Gasteiger partial charge in [0.1, 0.15) is 0 Å². The predicted molar refractivity (Wildman–Crippen MR) is 172 cm³/mol. The molecule has 2 aromatic rings. The summed E-state index contributed by atoms with van der Waals surface area (Å²) >= 11 is 0. The van der Waals surface area contributed by atoms with Gasteiger partial charge in [-0.25, -0.2) is 19.2 Å². The first-order valence-electron chi connectivity index (χ1n) is 16.2. The lowest BCUT2D eigenvalue weighted by molar-refractivity contribution is 0.0377. The molecule has 2 unspecified atom stereocenters. The van der Waals surface area contributed by atoms with Gasteiger partial charge in [-0.05, 0) is 61.8 Å². The summed E-state index contributed by atoms with van der Waals surface area (Å²) in [4.78, 5) is 46.5. The second-order valence-electron chi connectivity index (χ2n) is 11.2. The first kappa shape index (κ1) is 38.3. The second kappa shape index (κ2) is 22.8. The maximum Gasteiger partial charge on any atom is 0.339 e. The van der Waals surface area contributed by atoms with E-state index in [2.05, 4.69) is 27.7 Å². The van der Waals surface area contributed by atoms with Crippen LogP contribution in [0.5, 0.6) is 0 Å². The van der Waals surface area contributed by atoms with E-state index in [-0.39, 0.29) is 11.1 Å². The summed E-state index contributed by atoms with van der Waals surface area (Å²) in [6.07, 6.45) is 13.5. The number of benzene rings is 2. The highest BCUT2D eigenvalue weighted by Gasteiger charge is 2.21. The number of carboxylic acids is 2. The normalized spacial score (nSPS) is 11.9. The number of carboxylic acid groups (broad SMARTS) is 2. The lowest BCUT2D eigenvalue weighted by atomic mass is 9.97. The molecule has 2 N–H and O–H groups in total. The second-order valence-corrected chi connectivity index (χ2v) is 11.2. The minimum Gasteiger partial charge on any atom is -0.478 e. The third kappa shape index (κ3) is 14.7. The zero-order valence-corrected chi connectivity index (χ0v) is 27.0. The van der Waals surface area contributed by atoms with Crippen molar-refractivity contribution in [2.45, 2.75) is 105 Å². The Labute approximate surface area is 263 Å². The number of carbonyl (C=O) groups excluding carboxylic acids is 2. The molecule has 0 saturated heterocycles. The average molecular weight is 613 g/mol. The first-order chi connectivity index (χ1) is 21.2. The van der Waals surface area contributed by atoms with Crippen LogP contribution in [0, 0.1) is 11.8 Å². The summed E-state index contributed by atoms with van der Waals surface area (Å²) in [5, 5.41) is 17.1. The van der Waals surface area contributed by atoms with Gasteiger partial charge >= 0.3 is 23.9 Å². The molecule has 8 heteroatoms. The fraction of sp³-hybridized carbons (Fsp3) is 0.556. The van der Waals surface area contributed by atoms with Gasteiger partial charge < -0.3 is 19.7 Å². The molecule has 0 aliphatic carbocycles. The van der Waals surface area contributed by atoms with Crippen LogP contribution in [-0.4, -0.2) is 47.3 Å². The summed E-state index contributed by atoms with van der Waals surface area (Å²) < 4.78 is 11.3. The van der Waals surface area contributed by atoms with Crippen LogP contribution in [0.2, 0.25) is 0 Å². The lowest BCUT2D eigenvalue weighted by Gasteiger charge is -2.18. The number of hydrogen-bond donors (Lipinski definition) is 2. The van der Waals surface area contributed by atoms with Gasteiger partial charge in [-0.1, -0.05) is 103 Å². The molecule has 244 valence electrons. The molecule has 44 heavy (non-hydrogen) atoms.